The van der Waals surface area contributed by atoms with E-state index in [0.717, 1.165) is 33.1 Å². The van der Waals surface area contributed by atoms with Crippen molar-refractivity contribution in [2.45, 2.75) is 5.16 Å². The molecule has 0 bridgehead atoms. The number of methoxy groups -OCH3 is 2. The number of aromatic nitrogens is 2. The third kappa shape index (κ3) is 3.66. The summed E-state index contributed by atoms with van der Waals surface area (Å²) in [5.41, 5.74) is 3.73. The number of ether oxygens (including phenoxy) is 2. The van der Waals surface area contributed by atoms with Crippen LogP contribution in [0, 0.1) is 0 Å². The highest BCUT2D eigenvalue weighted by Gasteiger charge is 2.15. The van der Waals surface area contributed by atoms with Gasteiger partial charge in [-0.25, -0.2) is 4.98 Å². The number of nitrogens with one attached hydrogen (secondary N) is 2. The van der Waals surface area contributed by atoms with E-state index in [0.29, 0.717) is 22.2 Å². The molecule has 2 aromatic heterocycles. The summed E-state index contributed by atoms with van der Waals surface area (Å²) in [5.74, 6) is 1.35. The molecule has 0 saturated carbocycles. The lowest BCUT2D eigenvalue weighted by Crippen LogP contribution is -2.14. The van der Waals surface area contributed by atoms with Gasteiger partial charge in [0.1, 0.15) is 22.7 Å². The average molecular weight is 433 g/mol. The number of H-pyrrole nitrogens is 1. The number of furan rings is 1. The molecular weight excluding hydrogens is 414 g/mol. The minimum atomic E-state index is -0.170. The minimum Gasteiger partial charge on any atom is -0.497 e. The van der Waals surface area contributed by atoms with E-state index in [4.69, 9.17) is 13.9 Å². The Morgan fingerprint density at radius 3 is 2.77 bits per heavy atom. The van der Waals surface area contributed by atoms with Crippen molar-refractivity contribution in [1.82, 2.24) is 9.97 Å². The summed E-state index contributed by atoms with van der Waals surface area (Å²) in [6.45, 7) is 0. The molecule has 5 rings (SSSR count). The standard InChI is InChI=1S/C23H19N3O4S/c1-28-13-7-8-16-17(9-13)26-23(25-16)31-12-22(27)24-18-11-20-15(10-21(18)29-2)14-5-3-4-6-19(14)30-20/h3-11H,12H2,1-2H3,(H,24,27)(H,25,26). The summed E-state index contributed by atoms with van der Waals surface area (Å²) in [5, 5.41) is 5.53. The Bertz CT molecular complexity index is 1420. The number of thioether (sulfide) groups is 1. The number of aromatic amines is 1. The molecule has 8 heteroatoms. The van der Waals surface area contributed by atoms with Gasteiger partial charge in [0.15, 0.2) is 5.16 Å². The van der Waals surface area contributed by atoms with E-state index in [9.17, 15) is 4.79 Å². The Hall–Kier alpha value is -3.65. The number of carbonyl (C=O) groups is 1. The predicted octanol–water partition coefficient (Wildman–Crippen LogP) is 5.21. The van der Waals surface area contributed by atoms with E-state index >= 15 is 0 Å². The average Bonchev–Trinajstić information content (AvgIpc) is 3.36. The smallest absolute Gasteiger partial charge is 0.234 e. The third-order valence-electron chi connectivity index (χ3n) is 4.98. The van der Waals surface area contributed by atoms with Crippen LogP contribution in [0.2, 0.25) is 0 Å². The van der Waals surface area contributed by atoms with Crippen LogP contribution in [-0.2, 0) is 4.79 Å². The van der Waals surface area contributed by atoms with Crippen LogP contribution in [0.25, 0.3) is 33.0 Å². The number of fused-ring (bicyclic) bond motifs is 4. The molecule has 0 aliphatic heterocycles. The number of hydrogen-bond acceptors (Lipinski definition) is 6. The number of benzene rings is 3. The summed E-state index contributed by atoms with van der Waals surface area (Å²) in [6, 6.07) is 17.1. The van der Waals surface area contributed by atoms with Gasteiger partial charge in [0.2, 0.25) is 5.91 Å². The molecular formula is C23H19N3O4S. The second-order valence-electron chi connectivity index (χ2n) is 6.91. The lowest BCUT2D eigenvalue weighted by atomic mass is 10.1. The van der Waals surface area contributed by atoms with Gasteiger partial charge in [-0.15, -0.1) is 0 Å². The molecule has 0 aliphatic carbocycles. The van der Waals surface area contributed by atoms with Crippen molar-refractivity contribution >= 4 is 56.3 Å². The first-order valence-corrected chi connectivity index (χ1v) is 10.6. The highest BCUT2D eigenvalue weighted by molar-refractivity contribution is 7.99. The number of nitrogens with zero attached hydrogens (tertiary/aromatic N) is 1. The molecule has 0 unspecified atom stereocenters. The van der Waals surface area contributed by atoms with Crippen molar-refractivity contribution in [1.29, 1.82) is 0 Å². The zero-order valence-corrected chi connectivity index (χ0v) is 17.7. The number of anilines is 1. The molecule has 5 aromatic rings. The summed E-state index contributed by atoms with van der Waals surface area (Å²) in [7, 11) is 3.20. The largest absolute Gasteiger partial charge is 0.497 e. The molecule has 1 amide bonds. The van der Waals surface area contributed by atoms with Gasteiger partial charge < -0.3 is 24.2 Å². The van der Waals surface area contributed by atoms with Crippen LogP contribution in [0.3, 0.4) is 0 Å². The zero-order chi connectivity index (χ0) is 21.4. The van der Waals surface area contributed by atoms with Gasteiger partial charge in [-0.3, -0.25) is 4.79 Å². The van der Waals surface area contributed by atoms with Crippen LogP contribution in [0.5, 0.6) is 11.5 Å². The molecule has 31 heavy (non-hydrogen) atoms. The van der Waals surface area contributed by atoms with Crippen LogP contribution in [0.4, 0.5) is 5.69 Å². The maximum absolute atomic E-state index is 12.6. The maximum atomic E-state index is 12.6. The molecule has 3 aromatic carbocycles. The zero-order valence-electron chi connectivity index (χ0n) is 16.9. The number of rotatable bonds is 6. The van der Waals surface area contributed by atoms with Crippen molar-refractivity contribution < 1.29 is 18.7 Å². The molecule has 0 radical (unpaired) electrons. The Kier molecular flexibility index (Phi) is 4.91. The van der Waals surface area contributed by atoms with E-state index in [1.165, 1.54) is 11.8 Å². The van der Waals surface area contributed by atoms with Crippen molar-refractivity contribution in [3.05, 3.63) is 54.6 Å². The van der Waals surface area contributed by atoms with E-state index in [1.54, 1.807) is 20.3 Å². The highest BCUT2D eigenvalue weighted by Crippen LogP contribution is 2.36. The fraction of sp³-hybridized carbons (Fsp3) is 0.130. The van der Waals surface area contributed by atoms with Crippen molar-refractivity contribution in [3.8, 4) is 11.5 Å². The van der Waals surface area contributed by atoms with Gasteiger partial charge >= 0.3 is 0 Å². The topological polar surface area (TPSA) is 89.4 Å². The predicted molar refractivity (Wildman–Crippen MR) is 122 cm³/mol. The molecule has 2 heterocycles. The molecule has 0 spiro atoms. The normalized spacial score (nSPS) is 11.3. The van der Waals surface area contributed by atoms with Gasteiger partial charge in [0.05, 0.1) is 36.7 Å². The Balaban J connectivity index is 1.34. The van der Waals surface area contributed by atoms with E-state index in [-0.39, 0.29) is 11.7 Å². The van der Waals surface area contributed by atoms with Gasteiger partial charge in [0, 0.05) is 22.9 Å². The van der Waals surface area contributed by atoms with Crippen molar-refractivity contribution in [2.24, 2.45) is 0 Å². The van der Waals surface area contributed by atoms with Gasteiger partial charge in [-0.2, -0.15) is 0 Å². The molecule has 0 saturated heterocycles. The van der Waals surface area contributed by atoms with Crippen LogP contribution in [-0.4, -0.2) is 35.8 Å². The van der Waals surface area contributed by atoms with Gasteiger partial charge in [-0.1, -0.05) is 30.0 Å². The summed E-state index contributed by atoms with van der Waals surface area (Å²) in [6.07, 6.45) is 0. The first kappa shape index (κ1) is 19.3. The first-order valence-electron chi connectivity index (χ1n) is 9.60. The van der Waals surface area contributed by atoms with Crippen molar-refractivity contribution in [3.63, 3.8) is 0 Å². The van der Waals surface area contributed by atoms with Crippen LogP contribution in [0.1, 0.15) is 0 Å². The van der Waals surface area contributed by atoms with Crippen LogP contribution in [0.15, 0.2) is 64.2 Å². The number of imidazole rings is 1. The Morgan fingerprint density at radius 1 is 1.06 bits per heavy atom. The first-order chi connectivity index (χ1) is 15.1. The highest BCUT2D eigenvalue weighted by atomic mass is 32.2. The summed E-state index contributed by atoms with van der Waals surface area (Å²) in [4.78, 5) is 20.3. The Morgan fingerprint density at radius 2 is 1.94 bits per heavy atom. The number of amides is 1. The van der Waals surface area contributed by atoms with E-state index in [2.05, 4.69) is 15.3 Å². The van der Waals surface area contributed by atoms with E-state index in [1.807, 2.05) is 48.5 Å². The quantitative estimate of drug-likeness (QED) is 0.357. The Labute approximate surface area is 181 Å². The summed E-state index contributed by atoms with van der Waals surface area (Å²) < 4.78 is 16.7. The van der Waals surface area contributed by atoms with E-state index < -0.39 is 0 Å². The minimum absolute atomic E-state index is 0.170. The SMILES string of the molecule is COc1ccc2nc(SCC(=O)Nc3cc4oc5ccccc5c4cc3OC)[nH]c2c1. The summed E-state index contributed by atoms with van der Waals surface area (Å²) >= 11 is 1.32. The maximum Gasteiger partial charge on any atom is 0.234 e. The number of para-hydroxylation sites is 1. The number of carbonyl (C=O) groups excluding carboxylic acids is 1. The molecule has 0 atom stereocenters. The van der Waals surface area contributed by atoms with Crippen LogP contribution >= 0.6 is 11.8 Å². The molecule has 2 N–H and O–H groups in total. The lowest BCUT2D eigenvalue weighted by Gasteiger charge is -2.10. The molecule has 156 valence electrons. The number of hydrogen-bond donors (Lipinski definition) is 2. The molecule has 7 nitrogen and oxygen atoms in total. The second kappa shape index (κ2) is 7.88. The lowest BCUT2D eigenvalue weighted by molar-refractivity contribution is -0.113. The van der Waals surface area contributed by atoms with Gasteiger partial charge in [0.25, 0.3) is 0 Å². The molecule has 0 fully saturated rings. The third-order valence-corrected chi connectivity index (χ3v) is 5.85. The van der Waals surface area contributed by atoms with Crippen molar-refractivity contribution in [2.75, 3.05) is 25.3 Å². The monoisotopic (exact) mass is 433 g/mol. The van der Waals surface area contributed by atoms with Crippen LogP contribution < -0.4 is 14.8 Å². The molecule has 0 aliphatic rings. The fourth-order valence-corrected chi connectivity index (χ4v) is 4.18. The van der Waals surface area contributed by atoms with Gasteiger partial charge in [-0.05, 0) is 24.3 Å². The fourth-order valence-electron chi connectivity index (χ4n) is 3.50. The second-order valence-corrected chi connectivity index (χ2v) is 7.87.